The van der Waals surface area contributed by atoms with Gasteiger partial charge in [0.1, 0.15) is 19.8 Å². The first-order valence-corrected chi connectivity index (χ1v) is 31.1. The smallest absolute Gasteiger partial charge is 0.462 e. The Morgan fingerprint density at radius 2 is 0.797 bits per heavy atom. The highest BCUT2D eigenvalue weighted by atomic mass is 31.2. The summed E-state index contributed by atoms with van der Waals surface area (Å²) in [5.74, 6) is -0.898. The van der Waals surface area contributed by atoms with E-state index in [-0.39, 0.29) is 32.0 Å². The van der Waals surface area contributed by atoms with Gasteiger partial charge in [0.2, 0.25) is 0 Å². The molecule has 0 aliphatic carbocycles. The number of hydrogen-bond donors (Lipinski definition) is 1. The van der Waals surface area contributed by atoms with Crippen LogP contribution < -0.4 is 0 Å². The summed E-state index contributed by atoms with van der Waals surface area (Å²) >= 11 is 0. The zero-order valence-electron chi connectivity index (χ0n) is 48.0. The van der Waals surface area contributed by atoms with E-state index < -0.39 is 26.5 Å². The van der Waals surface area contributed by atoms with E-state index in [4.69, 9.17) is 18.5 Å². The van der Waals surface area contributed by atoms with Crippen LogP contribution in [0.3, 0.4) is 0 Å². The van der Waals surface area contributed by atoms with E-state index >= 15 is 0 Å². The third kappa shape index (κ3) is 57.9. The van der Waals surface area contributed by atoms with Crippen molar-refractivity contribution in [2.75, 3.05) is 47.5 Å². The quantitative estimate of drug-likeness (QED) is 0.0211. The summed E-state index contributed by atoms with van der Waals surface area (Å²) in [5.41, 5.74) is 0. The van der Waals surface area contributed by atoms with Gasteiger partial charge in [0, 0.05) is 12.8 Å². The second-order valence-corrected chi connectivity index (χ2v) is 22.1. The van der Waals surface area contributed by atoms with Gasteiger partial charge < -0.3 is 18.9 Å². The summed E-state index contributed by atoms with van der Waals surface area (Å²) < 4.78 is 34.4. The highest BCUT2D eigenvalue weighted by Gasteiger charge is 2.27. The highest BCUT2D eigenvalue weighted by molar-refractivity contribution is 7.47. The zero-order chi connectivity index (χ0) is 54.2. The molecule has 74 heavy (non-hydrogen) atoms. The van der Waals surface area contributed by atoms with Crippen LogP contribution in [0, 0.1) is 0 Å². The Bertz CT molecular complexity index is 1620. The number of likely N-dealkylation sites (N-methyl/N-ethyl adjacent to an activating group) is 1. The normalized spacial score (nSPS) is 14.1. The summed E-state index contributed by atoms with van der Waals surface area (Å²) in [6.07, 6.45) is 76.2. The van der Waals surface area contributed by atoms with E-state index in [1.54, 1.807) is 0 Å². The Morgan fingerprint density at radius 3 is 1.20 bits per heavy atom. The van der Waals surface area contributed by atoms with Gasteiger partial charge in [-0.15, -0.1) is 0 Å². The summed E-state index contributed by atoms with van der Waals surface area (Å²) in [6.45, 7) is 4.22. The summed E-state index contributed by atoms with van der Waals surface area (Å²) in [7, 11) is 1.42. The number of rotatable bonds is 53. The van der Waals surface area contributed by atoms with Crippen molar-refractivity contribution >= 4 is 19.8 Å². The largest absolute Gasteiger partial charge is 0.472 e. The Kier molecular flexibility index (Phi) is 52.0. The fourth-order valence-electron chi connectivity index (χ4n) is 7.75. The number of unbranched alkanes of at least 4 members (excludes halogenated alkanes) is 21. The van der Waals surface area contributed by atoms with Crippen LogP contribution in [0.15, 0.2) is 109 Å². The monoisotopic (exact) mass is 1050 g/mol. The molecule has 424 valence electrons. The lowest BCUT2D eigenvalue weighted by molar-refractivity contribution is -0.870. The number of allylic oxidation sites excluding steroid dienone is 18. The first-order valence-electron chi connectivity index (χ1n) is 29.6. The van der Waals surface area contributed by atoms with Gasteiger partial charge >= 0.3 is 19.8 Å². The second-order valence-electron chi connectivity index (χ2n) is 20.6. The molecule has 0 saturated carbocycles. The van der Waals surface area contributed by atoms with Crippen molar-refractivity contribution in [2.24, 2.45) is 0 Å². The summed E-state index contributed by atoms with van der Waals surface area (Å²) in [4.78, 5) is 35.6. The van der Waals surface area contributed by atoms with Gasteiger partial charge in [0.15, 0.2) is 6.10 Å². The molecule has 9 nitrogen and oxygen atoms in total. The van der Waals surface area contributed by atoms with Gasteiger partial charge in [0.05, 0.1) is 27.7 Å². The van der Waals surface area contributed by atoms with Gasteiger partial charge in [-0.3, -0.25) is 18.6 Å². The van der Waals surface area contributed by atoms with Gasteiger partial charge in [-0.05, 0) is 89.9 Å². The van der Waals surface area contributed by atoms with Gasteiger partial charge in [0.25, 0.3) is 0 Å². The molecule has 0 heterocycles. The summed E-state index contributed by atoms with van der Waals surface area (Å²) in [5, 5.41) is 0. The van der Waals surface area contributed by atoms with Crippen LogP contribution in [0.2, 0.25) is 0 Å². The molecule has 0 fully saturated rings. The van der Waals surface area contributed by atoms with Crippen molar-refractivity contribution in [1.82, 2.24) is 0 Å². The fourth-order valence-corrected chi connectivity index (χ4v) is 8.50. The molecule has 0 aromatic carbocycles. The molecule has 0 spiro atoms. The van der Waals surface area contributed by atoms with E-state index in [1.165, 1.54) is 128 Å². The molecule has 0 amide bonds. The van der Waals surface area contributed by atoms with Crippen LogP contribution in [0.1, 0.15) is 232 Å². The maximum Gasteiger partial charge on any atom is 0.472 e. The Hall–Kier alpha value is -3.33. The van der Waals surface area contributed by atoms with Crippen molar-refractivity contribution in [3.05, 3.63) is 109 Å². The topological polar surface area (TPSA) is 108 Å². The molecular weight excluding hydrogens is 942 g/mol. The number of carbonyl (C=O) groups is 2. The second kappa shape index (κ2) is 54.5. The fraction of sp³-hybridized carbons (Fsp3) is 0.688. The van der Waals surface area contributed by atoms with Crippen LogP contribution >= 0.6 is 7.82 Å². The molecular formula is C64H111NO8P+. The zero-order valence-corrected chi connectivity index (χ0v) is 48.9. The summed E-state index contributed by atoms with van der Waals surface area (Å²) in [6, 6.07) is 0. The molecule has 0 saturated heterocycles. The predicted molar refractivity (Wildman–Crippen MR) is 316 cm³/mol. The minimum Gasteiger partial charge on any atom is -0.462 e. The lowest BCUT2D eigenvalue weighted by atomic mass is 10.0. The van der Waals surface area contributed by atoms with Gasteiger partial charge in [-0.25, -0.2) is 4.57 Å². The van der Waals surface area contributed by atoms with Crippen molar-refractivity contribution in [1.29, 1.82) is 0 Å². The molecule has 10 heteroatoms. The molecule has 2 atom stereocenters. The minimum absolute atomic E-state index is 0.0132. The molecule has 0 radical (unpaired) electrons. The molecule has 2 unspecified atom stereocenters. The molecule has 1 N–H and O–H groups in total. The lowest BCUT2D eigenvalue weighted by Gasteiger charge is -2.24. The van der Waals surface area contributed by atoms with Crippen LogP contribution in [0.5, 0.6) is 0 Å². The van der Waals surface area contributed by atoms with Crippen LogP contribution in [0.4, 0.5) is 0 Å². The Balaban J connectivity index is 4.18. The average molecular weight is 1050 g/mol. The van der Waals surface area contributed by atoms with Crippen molar-refractivity contribution in [3.63, 3.8) is 0 Å². The number of quaternary nitrogens is 1. The maximum atomic E-state index is 12.8. The number of esters is 2. The molecule has 0 bridgehead atoms. The Labute approximate surface area is 455 Å². The predicted octanol–water partition coefficient (Wildman–Crippen LogP) is 18.6. The first kappa shape index (κ1) is 70.7. The Morgan fingerprint density at radius 1 is 0.432 bits per heavy atom. The standard InChI is InChI=1S/C64H110NO8P/c1-6-8-10-12-14-16-18-20-22-24-26-27-28-29-30-31-32-33-34-35-36-37-39-40-42-44-46-48-50-52-54-56-63(66)70-60-62(61-72-74(68,69)71-59-58-65(3,4)5)73-64(67)57-55-53-51-49-47-45-43-41-38-25-23-21-19-17-15-13-11-9-7-2/h9,11,15,17-18,20-21,23-24,26,28-29,38,41,45,47,51,53,62H,6-8,10,12-14,16,19,22,25,27,30-37,39-40,42-44,46,48-50,52,54-61H2,1-5H3/p+1/b11-9-,17-15-,20-18-,23-21-,26-24-,29-28-,41-38-,47-45-,53-51-. The van der Waals surface area contributed by atoms with Crippen LogP contribution in [-0.4, -0.2) is 74.9 Å². The number of nitrogens with zero attached hydrogens (tertiary/aromatic N) is 1. The minimum atomic E-state index is -4.41. The molecule has 0 aromatic heterocycles. The van der Waals surface area contributed by atoms with Crippen molar-refractivity contribution < 1.29 is 42.1 Å². The third-order valence-corrected chi connectivity index (χ3v) is 13.3. The maximum absolute atomic E-state index is 12.8. The van der Waals surface area contributed by atoms with E-state index in [2.05, 4.69) is 111 Å². The molecule has 0 rings (SSSR count). The van der Waals surface area contributed by atoms with E-state index in [0.717, 1.165) is 70.6 Å². The SMILES string of the molecule is CC/C=C\C/C=C\C/C=C\C/C=C\C/C=C\C/C=C\CCC(=O)OC(COC(=O)CCCCCCCCCCCCCCCCCC/C=C\C/C=C\C/C=C\CCCCCCC)COP(=O)(O)OCC[N+](C)(C)C. The van der Waals surface area contributed by atoms with E-state index in [1.807, 2.05) is 33.3 Å². The highest BCUT2D eigenvalue weighted by Crippen LogP contribution is 2.43. The average Bonchev–Trinajstić information content (AvgIpc) is 3.36. The molecule has 0 aliphatic heterocycles. The lowest BCUT2D eigenvalue weighted by Crippen LogP contribution is -2.37. The number of ether oxygens (including phenoxy) is 2. The van der Waals surface area contributed by atoms with Crippen LogP contribution in [0.25, 0.3) is 0 Å². The van der Waals surface area contributed by atoms with Crippen molar-refractivity contribution in [2.45, 2.75) is 238 Å². The number of carbonyl (C=O) groups excluding carboxylic acids is 2. The van der Waals surface area contributed by atoms with Crippen molar-refractivity contribution in [3.8, 4) is 0 Å². The van der Waals surface area contributed by atoms with Gasteiger partial charge in [-0.1, -0.05) is 239 Å². The molecule has 0 aliphatic rings. The molecule has 0 aromatic rings. The van der Waals surface area contributed by atoms with E-state index in [9.17, 15) is 19.0 Å². The number of phosphoric acid groups is 1. The third-order valence-electron chi connectivity index (χ3n) is 12.3. The van der Waals surface area contributed by atoms with Gasteiger partial charge in [-0.2, -0.15) is 0 Å². The van der Waals surface area contributed by atoms with E-state index in [0.29, 0.717) is 17.4 Å². The number of hydrogen-bond acceptors (Lipinski definition) is 7. The first-order chi connectivity index (χ1) is 36.0. The number of phosphoric ester groups is 1. The van der Waals surface area contributed by atoms with Crippen LogP contribution in [-0.2, 0) is 32.7 Å².